The topological polar surface area (TPSA) is 29.3 Å². The van der Waals surface area contributed by atoms with Crippen LogP contribution in [0.3, 0.4) is 0 Å². The van der Waals surface area contributed by atoms with Gasteiger partial charge in [-0.3, -0.25) is 4.90 Å². The average Bonchev–Trinajstić information content (AvgIpc) is 2.37. The smallest absolute Gasteiger partial charge is 0.0337 e. The van der Waals surface area contributed by atoms with E-state index in [0.29, 0.717) is 11.8 Å². The quantitative estimate of drug-likeness (QED) is 0.780. The van der Waals surface area contributed by atoms with Crippen molar-refractivity contribution in [3.8, 4) is 0 Å². The van der Waals surface area contributed by atoms with E-state index in [1.54, 1.807) is 0 Å². The van der Waals surface area contributed by atoms with E-state index >= 15 is 0 Å². The van der Waals surface area contributed by atoms with E-state index in [4.69, 9.17) is 5.73 Å². The maximum Gasteiger partial charge on any atom is 0.0337 e. The van der Waals surface area contributed by atoms with E-state index in [2.05, 4.69) is 70.0 Å². The second-order valence-corrected chi connectivity index (χ2v) is 6.97. The van der Waals surface area contributed by atoms with Crippen LogP contribution in [0.1, 0.15) is 46.1 Å². The molecule has 0 spiro atoms. The predicted molar refractivity (Wildman–Crippen MR) is 88.6 cm³/mol. The molecule has 0 unspecified atom stereocenters. The fourth-order valence-corrected chi connectivity index (χ4v) is 3.26. The lowest BCUT2D eigenvalue weighted by atomic mass is 9.80. The molecule has 1 rings (SSSR count). The van der Waals surface area contributed by atoms with Crippen molar-refractivity contribution in [3.05, 3.63) is 35.9 Å². The van der Waals surface area contributed by atoms with E-state index in [9.17, 15) is 0 Å². The monoisotopic (exact) mass is 276 g/mol. The lowest BCUT2D eigenvalue weighted by molar-refractivity contribution is 0.0714. The van der Waals surface area contributed by atoms with Gasteiger partial charge in [0, 0.05) is 18.6 Å². The molecule has 1 aromatic carbocycles. The van der Waals surface area contributed by atoms with Crippen molar-refractivity contribution in [2.45, 2.75) is 52.6 Å². The molecule has 20 heavy (non-hydrogen) atoms. The van der Waals surface area contributed by atoms with Crippen LogP contribution in [0.15, 0.2) is 30.3 Å². The number of nitrogens with two attached hydrogens (primary N) is 1. The number of likely N-dealkylation sites (N-methyl/N-ethyl adjacent to an activating group) is 1. The third-order valence-corrected chi connectivity index (χ3v) is 4.03. The van der Waals surface area contributed by atoms with Gasteiger partial charge in [0.25, 0.3) is 0 Å². The van der Waals surface area contributed by atoms with Crippen LogP contribution in [-0.2, 0) is 6.54 Å². The van der Waals surface area contributed by atoms with Gasteiger partial charge in [0.15, 0.2) is 0 Å². The average molecular weight is 276 g/mol. The zero-order chi connectivity index (χ0) is 15.2. The number of hydrogen-bond donors (Lipinski definition) is 1. The van der Waals surface area contributed by atoms with Gasteiger partial charge >= 0.3 is 0 Å². The van der Waals surface area contributed by atoms with E-state index in [0.717, 1.165) is 25.9 Å². The number of rotatable bonds is 8. The van der Waals surface area contributed by atoms with Gasteiger partial charge in [-0.2, -0.15) is 0 Å². The van der Waals surface area contributed by atoms with E-state index < -0.39 is 0 Å². The second-order valence-electron chi connectivity index (χ2n) is 6.97. The Morgan fingerprint density at radius 3 is 1.90 bits per heavy atom. The standard InChI is InChI=1S/C18H32N2/c1-15(2)11-18(14-19,12-16(3)4)20(5)13-17-9-7-6-8-10-17/h6-10,15-16H,11-14,19H2,1-5H3. The lowest BCUT2D eigenvalue weighted by Crippen LogP contribution is -2.53. The molecule has 0 bridgehead atoms. The minimum absolute atomic E-state index is 0.109. The van der Waals surface area contributed by atoms with Gasteiger partial charge < -0.3 is 5.73 Å². The first-order valence-electron chi connectivity index (χ1n) is 7.85. The number of hydrogen-bond acceptors (Lipinski definition) is 2. The maximum atomic E-state index is 6.22. The summed E-state index contributed by atoms with van der Waals surface area (Å²) in [6.07, 6.45) is 2.32. The molecular formula is C18H32N2. The second kappa shape index (κ2) is 7.80. The van der Waals surface area contributed by atoms with Gasteiger partial charge in [-0.1, -0.05) is 58.0 Å². The van der Waals surface area contributed by atoms with Crippen LogP contribution in [0, 0.1) is 11.8 Å². The van der Waals surface area contributed by atoms with Gasteiger partial charge in [0.2, 0.25) is 0 Å². The molecule has 0 saturated heterocycles. The molecule has 0 radical (unpaired) electrons. The fraction of sp³-hybridized carbons (Fsp3) is 0.667. The molecule has 0 atom stereocenters. The Kier molecular flexibility index (Phi) is 6.70. The van der Waals surface area contributed by atoms with Crippen molar-refractivity contribution in [1.29, 1.82) is 0 Å². The van der Waals surface area contributed by atoms with Crippen LogP contribution in [0.2, 0.25) is 0 Å². The zero-order valence-corrected chi connectivity index (χ0v) is 13.9. The molecule has 0 aliphatic carbocycles. The molecular weight excluding hydrogens is 244 g/mol. The maximum absolute atomic E-state index is 6.22. The first-order valence-corrected chi connectivity index (χ1v) is 7.85. The summed E-state index contributed by atoms with van der Waals surface area (Å²) in [4.78, 5) is 2.47. The molecule has 2 heteroatoms. The Balaban J connectivity index is 2.90. The van der Waals surface area contributed by atoms with Gasteiger partial charge in [0.05, 0.1) is 0 Å². The highest BCUT2D eigenvalue weighted by Crippen LogP contribution is 2.30. The van der Waals surface area contributed by atoms with Crippen LogP contribution >= 0.6 is 0 Å². The summed E-state index contributed by atoms with van der Waals surface area (Å²) in [6, 6.07) is 10.7. The first-order chi connectivity index (χ1) is 9.39. The molecule has 0 saturated carbocycles. The summed E-state index contributed by atoms with van der Waals surface area (Å²) in [6.45, 7) is 10.9. The van der Waals surface area contributed by atoms with Crippen molar-refractivity contribution in [3.63, 3.8) is 0 Å². The molecule has 0 heterocycles. The van der Waals surface area contributed by atoms with Crippen molar-refractivity contribution in [1.82, 2.24) is 4.90 Å². The van der Waals surface area contributed by atoms with Crippen LogP contribution < -0.4 is 5.73 Å². The Bertz CT molecular complexity index is 360. The normalized spacial score (nSPS) is 12.7. The minimum atomic E-state index is 0.109. The Labute approximate surface area is 125 Å². The molecule has 2 nitrogen and oxygen atoms in total. The highest BCUT2D eigenvalue weighted by molar-refractivity contribution is 5.15. The van der Waals surface area contributed by atoms with Crippen molar-refractivity contribution in [2.24, 2.45) is 17.6 Å². The third-order valence-electron chi connectivity index (χ3n) is 4.03. The number of nitrogens with zero attached hydrogens (tertiary/aromatic N) is 1. The highest BCUT2D eigenvalue weighted by Gasteiger charge is 2.34. The molecule has 1 aromatic rings. The first kappa shape index (κ1) is 17.2. The molecule has 2 N–H and O–H groups in total. The fourth-order valence-electron chi connectivity index (χ4n) is 3.26. The van der Waals surface area contributed by atoms with Crippen LogP contribution in [0.25, 0.3) is 0 Å². The summed E-state index contributed by atoms with van der Waals surface area (Å²) in [5.74, 6) is 1.33. The molecule has 0 aliphatic heterocycles. The van der Waals surface area contributed by atoms with Gasteiger partial charge in [-0.15, -0.1) is 0 Å². The molecule has 0 fully saturated rings. The van der Waals surface area contributed by atoms with E-state index in [1.807, 2.05) is 0 Å². The lowest BCUT2D eigenvalue weighted by Gasteiger charge is -2.44. The van der Waals surface area contributed by atoms with Gasteiger partial charge in [-0.25, -0.2) is 0 Å². The highest BCUT2D eigenvalue weighted by atomic mass is 15.2. The SMILES string of the molecule is CC(C)CC(CN)(CC(C)C)N(C)Cc1ccccc1. The molecule has 0 aromatic heterocycles. The van der Waals surface area contributed by atoms with E-state index in [1.165, 1.54) is 5.56 Å². The van der Waals surface area contributed by atoms with Crippen LogP contribution in [0.4, 0.5) is 0 Å². The molecule has 0 amide bonds. The number of benzene rings is 1. The minimum Gasteiger partial charge on any atom is -0.329 e. The zero-order valence-electron chi connectivity index (χ0n) is 13.9. The largest absolute Gasteiger partial charge is 0.329 e. The predicted octanol–water partition coefficient (Wildman–Crippen LogP) is 3.91. The van der Waals surface area contributed by atoms with Gasteiger partial charge in [0.1, 0.15) is 0 Å². The third kappa shape index (κ3) is 4.92. The Morgan fingerprint density at radius 1 is 1.00 bits per heavy atom. The summed E-state index contributed by atoms with van der Waals surface area (Å²) in [5.41, 5.74) is 7.69. The van der Waals surface area contributed by atoms with Crippen LogP contribution in [-0.4, -0.2) is 24.0 Å². The summed E-state index contributed by atoms with van der Waals surface area (Å²) in [7, 11) is 2.23. The Morgan fingerprint density at radius 2 is 1.50 bits per heavy atom. The van der Waals surface area contributed by atoms with E-state index in [-0.39, 0.29) is 5.54 Å². The summed E-state index contributed by atoms with van der Waals surface area (Å²) in [5, 5.41) is 0. The summed E-state index contributed by atoms with van der Waals surface area (Å²) >= 11 is 0. The van der Waals surface area contributed by atoms with Gasteiger partial charge in [-0.05, 0) is 37.3 Å². The Hall–Kier alpha value is -0.860. The van der Waals surface area contributed by atoms with Crippen molar-refractivity contribution < 1.29 is 0 Å². The summed E-state index contributed by atoms with van der Waals surface area (Å²) < 4.78 is 0. The molecule has 0 aliphatic rings. The van der Waals surface area contributed by atoms with Crippen LogP contribution in [0.5, 0.6) is 0 Å². The molecule has 114 valence electrons. The van der Waals surface area contributed by atoms with Crippen molar-refractivity contribution >= 4 is 0 Å². The van der Waals surface area contributed by atoms with Crippen molar-refractivity contribution in [2.75, 3.05) is 13.6 Å².